The van der Waals surface area contributed by atoms with Crippen molar-refractivity contribution in [3.05, 3.63) is 15.6 Å². The van der Waals surface area contributed by atoms with Gasteiger partial charge in [-0.25, -0.2) is 9.78 Å². The van der Waals surface area contributed by atoms with Crippen molar-refractivity contribution >= 4 is 17.3 Å². The first-order valence-corrected chi connectivity index (χ1v) is 5.75. The second-order valence-electron chi connectivity index (χ2n) is 2.93. The predicted octanol–water partition coefficient (Wildman–Crippen LogP) is 1.36. The van der Waals surface area contributed by atoms with Gasteiger partial charge in [-0.2, -0.15) is 0 Å². The third kappa shape index (κ3) is 3.33. The summed E-state index contributed by atoms with van der Waals surface area (Å²) in [6, 6.07) is 0. The van der Waals surface area contributed by atoms with E-state index in [0.717, 1.165) is 0 Å². The second kappa shape index (κ2) is 6.26. The first kappa shape index (κ1) is 12.7. The molecule has 4 nitrogen and oxygen atoms in total. The summed E-state index contributed by atoms with van der Waals surface area (Å²) in [6.45, 7) is 3.89. The van der Waals surface area contributed by atoms with Gasteiger partial charge >= 0.3 is 5.97 Å². The predicted molar refractivity (Wildman–Crippen MR) is 61.4 cm³/mol. The first-order valence-electron chi connectivity index (χ1n) is 4.93. The highest BCUT2D eigenvalue weighted by Gasteiger charge is 2.15. The van der Waals surface area contributed by atoms with E-state index >= 15 is 0 Å². The maximum Gasteiger partial charge on any atom is 0.350 e. The molecule has 0 amide bonds. The standard InChI is InChI=1S/C11H13NO3S/c1-3-15-11(14)10-8(2)12-9(16-10)6-4-5-7-13/h13H,3,5,7H2,1-2H3. The molecule has 86 valence electrons. The minimum Gasteiger partial charge on any atom is -0.462 e. The Bertz CT molecular complexity index is 428. The molecule has 5 heteroatoms. The number of hydrogen-bond acceptors (Lipinski definition) is 5. The fourth-order valence-corrected chi connectivity index (χ4v) is 1.86. The van der Waals surface area contributed by atoms with Crippen molar-refractivity contribution in [1.29, 1.82) is 0 Å². The molecule has 0 saturated heterocycles. The molecule has 0 spiro atoms. The summed E-state index contributed by atoms with van der Waals surface area (Å²) in [6.07, 6.45) is 0.410. The molecular weight excluding hydrogens is 226 g/mol. The van der Waals surface area contributed by atoms with E-state index in [9.17, 15) is 4.79 Å². The Morgan fingerprint density at radius 1 is 1.62 bits per heavy atom. The molecule has 0 aromatic carbocycles. The van der Waals surface area contributed by atoms with Crippen LogP contribution in [-0.2, 0) is 4.74 Å². The average molecular weight is 239 g/mol. The second-order valence-corrected chi connectivity index (χ2v) is 3.93. The van der Waals surface area contributed by atoms with E-state index in [1.54, 1.807) is 13.8 Å². The van der Waals surface area contributed by atoms with E-state index in [1.807, 2.05) is 0 Å². The minimum absolute atomic E-state index is 0.0299. The maximum atomic E-state index is 11.5. The molecule has 0 aliphatic carbocycles. The van der Waals surface area contributed by atoms with Gasteiger partial charge in [0.05, 0.1) is 18.9 Å². The molecule has 1 heterocycles. The summed E-state index contributed by atoms with van der Waals surface area (Å²) < 4.78 is 4.89. The number of carbonyl (C=O) groups is 1. The van der Waals surface area contributed by atoms with E-state index in [2.05, 4.69) is 16.8 Å². The molecule has 1 aromatic rings. The Labute approximate surface area is 98.3 Å². The fraction of sp³-hybridized carbons (Fsp3) is 0.455. The molecule has 0 saturated carbocycles. The Balaban J connectivity index is 2.82. The van der Waals surface area contributed by atoms with Crippen molar-refractivity contribution in [2.75, 3.05) is 13.2 Å². The van der Waals surface area contributed by atoms with Crippen molar-refractivity contribution in [3.63, 3.8) is 0 Å². The molecule has 0 aliphatic heterocycles. The van der Waals surface area contributed by atoms with Gasteiger partial charge in [-0.05, 0) is 19.8 Å². The molecular formula is C11H13NO3S. The van der Waals surface area contributed by atoms with E-state index < -0.39 is 0 Å². The zero-order chi connectivity index (χ0) is 12.0. The molecule has 0 fully saturated rings. The van der Waals surface area contributed by atoms with Crippen molar-refractivity contribution in [1.82, 2.24) is 4.98 Å². The summed E-state index contributed by atoms with van der Waals surface area (Å²) in [5, 5.41) is 9.15. The minimum atomic E-state index is -0.354. The van der Waals surface area contributed by atoms with Crippen LogP contribution < -0.4 is 0 Å². The summed E-state index contributed by atoms with van der Waals surface area (Å²) >= 11 is 1.22. The van der Waals surface area contributed by atoms with Crippen LogP contribution in [0.3, 0.4) is 0 Å². The first-order chi connectivity index (χ1) is 7.69. The zero-order valence-electron chi connectivity index (χ0n) is 9.24. The molecule has 16 heavy (non-hydrogen) atoms. The van der Waals surface area contributed by atoms with E-state index in [-0.39, 0.29) is 12.6 Å². The fourth-order valence-electron chi connectivity index (χ4n) is 1.03. The molecule has 0 atom stereocenters. The maximum absolute atomic E-state index is 11.5. The number of rotatable bonds is 3. The number of aliphatic hydroxyl groups excluding tert-OH is 1. The van der Waals surface area contributed by atoms with E-state index in [1.165, 1.54) is 11.3 Å². The van der Waals surface area contributed by atoms with Gasteiger partial charge in [-0.1, -0.05) is 17.3 Å². The van der Waals surface area contributed by atoms with Gasteiger partial charge in [0, 0.05) is 6.42 Å². The van der Waals surface area contributed by atoms with E-state index in [0.29, 0.717) is 28.6 Å². The van der Waals surface area contributed by atoms with E-state index in [4.69, 9.17) is 9.84 Å². The molecule has 0 aliphatic rings. The normalized spacial score (nSPS) is 9.44. The topological polar surface area (TPSA) is 59.4 Å². The van der Waals surface area contributed by atoms with Crippen LogP contribution in [0.4, 0.5) is 0 Å². The van der Waals surface area contributed by atoms with Gasteiger partial charge in [0.15, 0.2) is 5.01 Å². The van der Waals surface area contributed by atoms with Gasteiger partial charge in [0.25, 0.3) is 0 Å². The van der Waals surface area contributed by atoms with Crippen LogP contribution in [-0.4, -0.2) is 29.3 Å². The average Bonchev–Trinajstić information content (AvgIpc) is 2.61. The van der Waals surface area contributed by atoms with Crippen LogP contribution in [0.2, 0.25) is 0 Å². The number of thiazole rings is 1. The largest absolute Gasteiger partial charge is 0.462 e. The van der Waals surface area contributed by atoms with Gasteiger partial charge in [0.2, 0.25) is 0 Å². The van der Waals surface area contributed by atoms with Crippen molar-refractivity contribution in [2.24, 2.45) is 0 Å². The Morgan fingerprint density at radius 3 is 3.00 bits per heavy atom. The SMILES string of the molecule is CCOC(=O)c1sc(C#CCCO)nc1C. The van der Waals surface area contributed by atoms with Crippen LogP contribution in [0.25, 0.3) is 0 Å². The Kier molecular flexibility index (Phi) is 4.96. The number of aryl methyl sites for hydroxylation is 1. The lowest BCUT2D eigenvalue weighted by molar-refractivity contribution is 0.0531. The molecule has 1 aromatic heterocycles. The number of hydrogen-bond donors (Lipinski definition) is 1. The van der Waals surface area contributed by atoms with Gasteiger partial charge < -0.3 is 9.84 Å². The third-order valence-corrected chi connectivity index (χ3v) is 2.74. The molecule has 0 bridgehead atoms. The molecule has 1 rings (SSSR count). The van der Waals surface area contributed by atoms with Gasteiger partial charge in [0.1, 0.15) is 4.88 Å². The third-order valence-electron chi connectivity index (χ3n) is 1.69. The Morgan fingerprint density at radius 2 is 2.38 bits per heavy atom. The number of aromatic nitrogens is 1. The van der Waals surface area contributed by atoms with Crippen LogP contribution in [0.15, 0.2) is 0 Å². The number of carbonyl (C=O) groups excluding carboxylic acids is 1. The van der Waals surface area contributed by atoms with Crippen molar-refractivity contribution in [3.8, 4) is 11.8 Å². The summed E-state index contributed by atoms with van der Waals surface area (Å²) in [4.78, 5) is 16.1. The van der Waals surface area contributed by atoms with Crippen LogP contribution in [0.1, 0.15) is 33.7 Å². The smallest absolute Gasteiger partial charge is 0.350 e. The van der Waals surface area contributed by atoms with Gasteiger partial charge in [-0.3, -0.25) is 0 Å². The lowest BCUT2D eigenvalue weighted by atomic mass is 10.4. The number of aliphatic hydroxyl groups is 1. The summed E-state index contributed by atoms with van der Waals surface area (Å²) in [5.41, 5.74) is 0.636. The zero-order valence-corrected chi connectivity index (χ0v) is 10.1. The molecule has 0 unspecified atom stereocenters. The molecule has 0 radical (unpaired) electrons. The van der Waals surface area contributed by atoms with Gasteiger partial charge in [-0.15, -0.1) is 0 Å². The van der Waals surface area contributed by atoms with Crippen LogP contribution >= 0.6 is 11.3 Å². The van der Waals surface area contributed by atoms with Crippen molar-refractivity contribution < 1.29 is 14.6 Å². The van der Waals surface area contributed by atoms with Crippen molar-refractivity contribution in [2.45, 2.75) is 20.3 Å². The van der Waals surface area contributed by atoms with Crippen LogP contribution in [0, 0.1) is 18.8 Å². The lowest BCUT2D eigenvalue weighted by Gasteiger charge is -1.97. The number of esters is 1. The Hall–Kier alpha value is -1.38. The number of ether oxygens (including phenoxy) is 1. The van der Waals surface area contributed by atoms with Crippen LogP contribution in [0.5, 0.6) is 0 Å². The quantitative estimate of drug-likeness (QED) is 0.639. The monoisotopic (exact) mass is 239 g/mol. The summed E-state index contributed by atoms with van der Waals surface area (Å²) in [5.74, 6) is 5.20. The highest BCUT2D eigenvalue weighted by atomic mass is 32.1. The number of nitrogens with zero attached hydrogens (tertiary/aromatic N) is 1. The highest BCUT2D eigenvalue weighted by Crippen LogP contribution is 2.18. The lowest BCUT2D eigenvalue weighted by Crippen LogP contribution is -2.03. The molecule has 1 N–H and O–H groups in total. The highest BCUT2D eigenvalue weighted by molar-refractivity contribution is 7.14. The summed E-state index contributed by atoms with van der Waals surface area (Å²) in [7, 11) is 0.